The lowest BCUT2D eigenvalue weighted by atomic mass is 9.86. The SMILES string of the molecule is Cc1nc2c(cc1-c1nnn(C)n1)CCC1(CCNC1)N2. The maximum absolute atomic E-state index is 4.76. The van der Waals surface area contributed by atoms with Gasteiger partial charge in [-0.05, 0) is 49.6 Å². The number of nitrogens with zero attached hydrogens (tertiary/aromatic N) is 5. The van der Waals surface area contributed by atoms with Crippen LogP contribution in [0, 0.1) is 6.92 Å². The van der Waals surface area contributed by atoms with Crippen LogP contribution in [0.3, 0.4) is 0 Å². The Bertz CT molecular complexity index is 685. The number of fused-ring (bicyclic) bond motifs is 1. The molecule has 0 radical (unpaired) electrons. The number of rotatable bonds is 1. The molecule has 4 heterocycles. The molecule has 4 rings (SSSR count). The van der Waals surface area contributed by atoms with Crippen LogP contribution in [0.5, 0.6) is 0 Å². The summed E-state index contributed by atoms with van der Waals surface area (Å²) in [5, 5.41) is 19.4. The highest BCUT2D eigenvalue weighted by Crippen LogP contribution is 2.35. The summed E-state index contributed by atoms with van der Waals surface area (Å²) in [7, 11) is 1.77. The van der Waals surface area contributed by atoms with Crippen molar-refractivity contribution in [3.8, 4) is 11.4 Å². The fourth-order valence-corrected chi connectivity index (χ4v) is 3.32. The summed E-state index contributed by atoms with van der Waals surface area (Å²) in [5.41, 5.74) is 3.36. The van der Waals surface area contributed by atoms with Crippen molar-refractivity contribution in [3.63, 3.8) is 0 Å². The van der Waals surface area contributed by atoms with Gasteiger partial charge in [-0.2, -0.15) is 4.80 Å². The van der Waals surface area contributed by atoms with Gasteiger partial charge >= 0.3 is 0 Å². The number of anilines is 1. The van der Waals surface area contributed by atoms with Gasteiger partial charge in [0.25, 0.3) is 0 Å². The average molecular weight is 285 g/mol. The molecule has 1 spiro atoms. The summed E-state index contributed by atoms with van der Waals surface area (Å²) in [6.07, 6.45) is 3.36. The van der Waals surface area contributed by atoms with Crippen LogP contribution in [-0.2, 0) is 13.5 Å². The lowest BCUT2D eigenvalue weighted by Crippen LogP contribution is -2.44. The third-order valence-electron chi connectivity index (χ3n) is 4.54. The lowest BCUT2D eigenvalue weighted by Gasteiger charge is -2.35. The largest absolute Gasteiger partial charge is 0.363 e. The maximum Gasteiger partial charge on any atom is 0.206 e. The first kappa shape index (κ1) is 12.7. The fourth-order valence-electron chi connectivity index (χ4n) is 3.32. The molecule has 2 aliphatic heterocycles. The van der Waals surface area contributed by atoms with Gasteiger partial charge in [0, 0.05) is 12.1 Å². The summed E-state index contributed by atoms with van der Waals surface area (Å²) in [6, 6.07) is 2.16. The van der Waals surface area contributed by atoms with E-state index >= 15 is 0 Å². The first-order chi connectivity index (χ1) is 10.2. The smallest absolute Gasteiger partial charge is 0.206 e. The van der Waals surface area contributed by atoms with Crippen molar-refractivity contribution in [2.75, 3.05) is 18.4 Å². The van der Waals surface area contributed by atoms with E-state index in [0.29, 0.717) is 5.82 Å². The zero-order valence-electron chi connectivity index (χ0n) is 12.3. The van der Waals surface area contributed by atoms with E-state index in [4.69, 9.17) is 4.98 Å². The highest BCUT2D eigenvalue weighted by atomic mass is 15.6. The molecule has 0 aliphatic carbocycles. The summed E-state index contributed by atoms with van der Waals surface area (Å²) >= 11 is 0. The van der Waals surface area contributed by atoms with Gasteiger partial charge in [0.05, 0.1) is 18.3 Å². The molecule has 7 heteroatoms. The van der Waals surface area contributed by atoms with E-state index in [1.54, 1.807) is 7.05 Å². The van der Waals surface area contributed by atoms with E-state index in [2.05, 4.69) is 32.1 Å². The van der Waals surface area contributed by atoms with Gasteiger partial charge in [0.2, 0.25) is 5.82 Å². The van der Waals surface area contributed by atoms with Crippen LogP contribution < -0.4 is 10.6 Å². The molecule has 7 nitrogen and oxygen atoms in total. The first-order valence-corrected chi connectivity index (χ1v) is 7.39. The highest BCUT2D eigenvalue weighted by molar-refractivity contribution is 5.64. The molecule has 0 aromatic carbocycles. The van der Waals surface area contributed by atoms with Gasteiger partial charge in [-0.3, -0.25) is 0 Å². The molecule has 110 valence electrons. The summed E-state index contributed by atoms with van der Waals surface area (Å²) < 4.78 is 0. The number of hydrogen-bond acceptors (Lipinski definition) is 6. The van der Waals surface area contributed by atoms with Crippen molar-refractivity contribution in [2.24, 2.45) is 7.05 Å². The summed E-state index contributed by atoms with van der Waals surface area (Å²) in [6.45, 7) is 4.12. The Labute approximate surface area is 123 Å². The van der Waals surface area contributed by atoms with Crippen LogP contribution in [0.25, 0.3) is 11.4 Å². The van der Waals surface area contributed by atoms with E-state index in [1.807, 2.05) is 6.92 Å². The zero-order valence-corrected chi connectivity index (χ0v) is 12.3. The van der Waals surface area contributed by atoms with Crippen LogP contribution in [0.2, 0.25) is 0 Å². The van der Waals surface area contributed by atoms with Gasteiger partial charge in [-0.25, -0.2) is 4.98 Å². The molecule has 1 atom stereocenters. The molecule has 0 bridgehead atoms. The first-order valence-electron chi connectivity index (χ1n) is 7.39. The second-order valence-corrected chi connectivity index (χ2v) is 6.06. The molecular weight excluding hydrogens is 266 g/mol. The minimum Gasteiger partial charge on any atom is -0.363 e. The Hall–Kier alpha value is -2.02. The van der Waals surface area contributed by atoms with Gasteiger partial charge in [-0.15, -0.1) is 10.2 Å². The summed E-state index contributed by atoms with van der Waals surface area (Å²) in [5.74, 6) is 1.67. The average Bonchev–Trinajstić information content (AvgIpc) is 3.08. The molecule has 0 saturated carbocycles. The van der Waals surface area contributed by atoms with Gasteiger partial charge in [0.15, 0.2) is 0 Å². The lowest BCUT2D eigenvalue weighted by molar-refractivity contribution is 0.454. The molecule has 2 aromatic heterocycles. The van der Waals surface area contributed by atoms with Gasteiger partial charge < -0.3 is 10.6 Å². The molecule has 21 heavy (non-hydrogen) atoms. The third kappa shape index (κ3) is 2.08. The minimum absolute atomic E-state index is 0.193. The topological polar surface area (TPSA) is 80.5 Å². The predicted molar refractivity (Wildman–Crippen MR) is 78.9 cm³/mol. The maximum atomic E-state index is 4.76. The van der Waals surface area contributed by atoms with E-state index < -0.39 is 0 Å². The van der Waals surface area contributed by atoms with Crippen LogP contribution in [-0.4, -0.2) is 43.8 Å². The molecule has 2 aromatic rings. The van der Waals surface area contributed by atoms with Crippen molar-refractivity contribution >= 4 is 5.82 Å². The number of nitrogens with one attached hydrogen (secondary N) is 2. The Balaban J connectivity index is 1.72. The molecule has 2 aliphatic rings. The Kier molecular flexibility index (Phi) is 2.72. The van der Waals surface area contributed by atoms with Crippen LogP contribution >= 0.6 is 0 Å². The van der Waals surface area contributed by atoms with Crippen molar-refractivity contribution < 1.29 is 0 Å². The van der Waals surface area contributed by atoms with E-state index in [-0.39, 0.29) is 5.54 Å². The Morgan fingerprint density at radius 3 is 2.95 bits per heavy atom. The van der Waals surface area contributed by atoms with Crippen LogP contribution in [0.4, 0.5) is 5.82 Å². The van der Waals surface area contributed by atoms with Crippen LogP contribution in [0.15, 0.2) is 6.07 Å². The second kappa shape index (κ2) is 4.49. The standard InChI is InChI=1S/C14H19N7/c1-9-11(13-18-20-21(2)19-13)7-10-3-4-14(5-6-15-8-14)17-12(10)16-9/h7,15H,3-6,8H2,1-2H3,(H,16,17). The monoisotopic (exact) mass is 285 g/mol. The number of aryl methyl sites for hydroxylation is 3. The Morgan fingerprint density at radius 1 is 1.33 bits per heavy atom. The number of aromatic nitrogens is 5. The normalized spacial score (nSPS) is 24.1. The van der Waals surface area contributed by atoms with Crippen molar-refractivity contribution in [1.29, 1.82) is 0 Å². The van der Waals surface area contributed by atoms with Crippen molar-refractivity contribution in [2.45, 2.75) is 31.7 Å². The minimum atomic E-state index is 0.193. The molecular formula is C14H19N7. The quantitative estimate of drug-likeness (QED) is 0.801. The number of hydrogen-bond donors (Lipinski definition) is 2. The second-order valence-electron chi connectivity index (χ2n) is 6.06. The van der Waals surface area contributed by atoms with Gasteiger partial charge in [0.1, 0.15) is 5.82 Å². The molecule has 2 N–H and O–H groups in total. The van der Waals surface area contributed by atoms with Crippen molar-refractivity contribution in [1.82, 2.24) is 30.5 Å². The van der Waals surface area contributed by atoms with E-state index in [9.17, 15) is 0 Å². The van der Waals surface area contributed by atoms with E-state index in [0.717, 1.165) is 43.0 Å². The molecule has 1 unspecified atom stereocenters. The fraction of sp³-hybridized carbons (Fsp3) is 0.571. The van der Waals surface area contributed by atoms with E-state index in [1.165, 1.54) is 16.8 Å². The predicted octanol–water partition coefficient (Wildman–Crippen LogP) is 0.671. The highest BCUT2D eigenvalue weighted by Gasteiger charge is 2.37. The number of tetrazole rings is 1. The van der Waals surface area contributed by atoms with Crippen LogP contribution in [0.1, 0.15) is 24.1 Å². The van der Waals surface area contributed by atoms with Crippen molar-refractivity contribution in [3.05, 3.63) is 17.3 Å². The number of pyridine rings is 1. The molecule has 1 fully saturated rings. The summed E-state index contributed by atoms with van der Waals surface area (Å²) in [4.78, 5) is 6.24. The Morgan fingerprint density at radius 2 is 2.24 bits per heavy atom. The molecule has 0 amide bonds. The third-order valence-corrected chi connectivity index (χ3v) is 4.54. The zero-order chi connectivity index (χ0) is 14.4. The molecule has 1 saturated heterocycles. The van der Waals surface area contributed by atoms with Gasteiger partial charge in [-0.1, -0.05) is 0 Å².